The lowest BCUT2D eigenvalue weighted by Crippen LogP contribution is -2.25. The summed E-state index contributed by atoms with van der Waals surface area (Å²) in [4.78, 5) is 29.3. The molecule has 8 nitrogen and oxygen atoms in total. The third-order valence-corrected chi connectivity index (χ3v) is 5.94. The van der Waals surface area contributed by atoms with Crippen LogP contribution >= 0.6 is 11.3 Å². The number of rotatable bonds is 7. The van der Waals surface area contributed by atoms with Gasteiger partial charge in [-0.1, -0.05) is 0 Å². The smallest absolute Gasteiger partial charge is 0.338 e. The predicted octanol–water partition coefficient (Wildman–Crippen LogP) is 4.16. The Morgan fingerprint density at radius 1 is 1.27 bits per heavy atom. The van der Waals surface area contributed by atoms with E-state index in [-0.39, 0.29) is 24.5 Å². The fourth-order valence-corrected chi connectivity index (χ4v) is 4.61. The fourth-order valence-electron chi connectivity index (χ4n) is 3.59. The molecule has 2 heterocycles. The van der Waals surface area contributed by atoms with Crippen molar-refractivity contribution >= 4 is 34.6 Å². The summed E-state index contributed by atoms with van der Waals surface area (Å²) in [5.41, 5.74) is 3.74. The van der Waals surface area contributed by atoms with Gasteiger partial charge < -0.3 is 24.1 Å². The van der Waals surface area contributed by atoms with Gasteiger partial charge in [0.25, 0.3) is 5.91 Å². The predicted molar refractivity (Wildman–Crippen MR) is 126 cm³/mol. The molecule has 0 saturated carbocycles. The minimum absolute atomic E-state index is 0.00989. The van der Waals surface area contributed by atoms with Gasteiger partial charge in [-0.2, -0.15) is 0 Å². The van der Waals surface area contributed by atoms with E-state index >= 15 is 0 Å². The van der Waals surface area contributed by atoms with Gasteiger partial charge in [0.15, 0.2) is 11.4 Å². The molecule has 0 aliphatic carbocycles. The van der Waals surface area contributed by atoms with E-state index in [1.54, 1.807) is 38.3 Å². The maximum Gasteiger partial charge on any atom is 0.338 e. The number of benzene rings is 2. The van der Waals surface area contributed by atoms with E-state index in [4.69, 9.17) is 19.2 Å². The Labute approximate surface area is 195 Å². The number of amides is 1. The highest BCUT2D eigenvalue weighted by Gasteiger charge is 2.19. The molecule has 0 radical (unpaired) electrons. The highest BCUT2D eigenvalue weighted by Crippen LogP contribution is 2.33. The summed E-state index contributed by atoms with van der Waals surface area (Å²) in [5, 5.41) is 4.89. The first-order valence-corrected chi connectivity index (χ1v) is 11.5. The molecule has 1 amide bonds. The number of nitrogens with one attached hydrogen (secondary N) is 1. The summed E-state index contributed by atoms with van der Waals surface area (Å²) < 4.78 is 18.0. The minimum Gasteiger partial charge on any atom is -0.482 e. The van der Waals surface area contributed by atoms with Crippen LogP contribution in [0.1, 0.15) is 30.2 Å². The SMILES string of the molecule is CCOC(=O)c1ccc(N=c2scc(-c3ccc4c(c3)NC(=O)CO4)n2[C@@H](C)COC)cc1. The van der Waals surface area contributed by atoms with Crippen molar-refractivity contribution in [3.63, 3.8) is 0 Å². The second kappa shape index (κ2) is 10.0. The van der Waals surface area contributed by atoms with Crippen LogP contribution in [-0.2, 0) is 14.3 Å². The normalized spacial score (nSPS) is 14.3. The third kappa shape index (κ3) is 4.99. The van der Waals surface area contributed by atoms with E-state index in [1.807, 2.05) is 23.6 Å². The van der Waals surface area contributed by atoms with Gasteiger partial charge >= 0.3 is 5.97 Å². The number of ether oxygens (including phenoxy) is 3. The highest BCUT2D eigenvalue weighted by molar-refractivity contribution is 7.07. The van der Waals surface area contributed by atoms with Crippen LogP contribution in [0.15, 0.2) is 52.8 Å². The molecule has 0 spiro atoms. The van der Waals surface area contributed by atoms with Crippen LogP contribution in [0.4, 0.5) is 11.4 Å². The molecule has 1 atom stereocenters. The Morgan fingerprint density at radius 3 is 2.79 bits per heavy atom. The quantitative estimate of drug-likeness (QED) is 0.527. The molecule has 1 N–H and O–H groups in total. The van der Waals surface area contributed by atoms with Gasteiger partial charge in [0, 0.05) is 18.1 Å². The van der Waals surface area contributed by atoms with Crippen molar-refractivity contribution in [3.8, 4) is 17.0 Å². The topological polar surface area (TPSA) is 91.1 Å². The van der Waals surface area contributed by atoms with Gasteiger partial charge in [0.1, 0.15) is 5.75 Å². The van der Waals surface area contributed by atoms with E-state index in [0.29, 0.717) is 30.2 Å². The van der Waals surface area contributed by atoms with Crippen LogP contribution in [-0.4, -0.2) is 43.4 Å². The molecule has 2 aromatic carbocycles. The lowest BCUT2D eigenvalue weighted by Gasteiger charge is -2.20. The van der Waals surface area contributed by atoms with Crippen molar-refractivity contribution in [2.24, 2.45) is 4.99 Å². The molecule has 33 heavy (non-hydrogen) atoms. The van der Waals surface area contributed by atoms with Crippen LogP contribution in [0, 0.1) is 0 Å². The Balaban J connectivity index is 1.74. The Bertz CT molecular complexity index is 1230. The molecule has 0 fully saturated rings. The number of thiazole rings is 1. The van der Waals surface area contributed by atoms with Crippen molar-refractivity contribution in [3.05, 3.63) is 58.2 Å². The first kappa shape index (κ1) is 22.8. The number of fused-ring (bicyclic) bond motifs is 1. The van der Waals surface area contributed by atoms with Crippen LogP contribution in [0.25, 0.3) is 11.3 Å². The number of anilines is 1. The number of methoxy groups -OCH3 is 1. The maximum atomic E-state index is 11.9. The van der Waals surface area contributed by atoms with Gasteiger partial charge in [0.05, 0.1) is 41.9 Å². The van der Waals surface area contributed by atoms with E-state index in [9.17, 15) is 9.59 Å². The zero-order valence-corrected chi connectivity index (χ0v) is 19.5. The van der Waals surface area contributed by atoms with Gasteiger partial charge in [0.2, 0.25) is 0 Å². The first-order chi connectivity index (χ1) is 16.0. The first-order valence-electron chi connectivity index (χ1n) is 10.6. The minimum atomic E-state index is -0.352. The summed E-state index contributed by atoms with van der Waals surface area (Å²) in [5.74, 6) is 0.124. The zero-order chi connectivity index (χ0) is 23.4. The lowest BCUT2D eigenvalue weighted by atomic mass is 10.1. The molecule has 1 aromatic heterocycles. The summed E-state index contributed by atoms with van der Waals surface area (Å²) in [6, 6.07) is 12.7. The molecule has 0 bridgehead atoms. The van der Waals surface area contributed by atoms with Crippen molar-refractivity contribution in [1.29, 1.82) is 0 Å². The number of hydrogen-bond acceptors (Lipinski definition) is 7. The summed E-state index contributed by atoms with van der Waals surface area (Å²) >= 11 is 1.51. The molecule has 1 aliphatic heterocycles. The molecule has 3 aromatic rings. The Morgan fingerprint density at radius 2 is 2.06 bits per heavy atom. The van der Waals surface area contributed by atoms with Gasteiger partial charge in [-0.05, 0) is 56.3 Å². The highest BCUT2D eigenvalue weighted by atomic mass is 32.1. The molecule has 1 aliphatic rings. The van der Waals surface area contributed by atoms with E-state index in [1.165, 1.54) is 11.3 Å². The molecule has 172 valence electrons. The van der Waals surface area contributed by atoms with E-state index in [0.717, 1.165) is 21.7 Å². The lowest BCUT2D eigenvalue weighted by molar-refractivity contribution is -0.118. The number of hydrogen-bond donors (Lipinski definition) is 1. The van der Waals surface area contributed by atoms with Crippen molar-refractivity contribution in [2.75, 3.05) is 32.2 Å². The second-order valence-electron chi connectivity index (χ2n) is 7.50. The number of aromatic nitrogens is 1. The monoisotopic (exact) mass is 467 g/mol. The molecular formula is C24H25N3O5S. The molecule has 4 rings (SSSR count). The molecule has 0 unspecified atom stereocenters. The van der Waals surface area contributed by atoms with Crippen molar-refractivity contribution in [2.45, 2.75) is 19.9 Å². The van der Waals surface area contributed by atoms with Gasteiger partial charge in [-0.25, -0.2) is 9.79 Å². The van der Waals surface area contributed by atoms with Gasteiger partial charge in [-0.15, -0.1) is 11.3 Å². The molecular weight excluding hydrogens is 442 g/mol. The third-order valence-electron chi connectivity index (χ3n) is 5.10. The average molecular weight is 468 g/mol. The Kier molecular flexibility index (Phi) is 6.90. The van der Waals surface area contributed by atoms with Crippen molar-refractivity contribution in [1.82, 2.24) is 4.57 Å². The summed E-state index contributed by atoms with van der Waals surface area (Å²) in [6.07, 6.45) is 0. The standard InChI is InChI=1S/C24H25N3O5S/c1-4-31-23(29)16-5-8-18(9-6-16)25-24-27(15(2)12-30-3)20(14-33-24)17-7-10-21-19(11-17)26-22(28)13-32-21/h5-11,14-15H,4,12-13H2,1-3H3,(H,26,28)/t15-/m0/s1. The number of carbonyl (C=O) groups is 2. The van der Waals surface area contributed by atoms with E-state index < -0.39 is 0 Å². The molecule has 0 saturated heterocycles. The number of nitrogens with zero attached hydrogens (tertiary/aromatic N) is 2. The number of esters is 1. The van der Waals surface area contributed by atoms with Crippen LogP contribution in [0.3, 0.4) is 0 Å². The van der Waals surface area contributed by atoms with Crippen LogP contribution < -0.4 is 14.9 Å². The molecule has 9 heteroatoms. The second-order valence-corrected chi connectivity index (χ2v) is 8.34. The largest absolute Gasteiger partial charge is 0.482 e. The van der Waals surface area contributed by atoms with Crippen molar-refractivity contribution < 1.29 is 23.8 Å². The number of carbonyl (C=O) groups excluding carboxylic acids is 2. The zero-order valence-electron chi connectivity index (χ0n) is 18.7. The summed E-state index contributed by atoms with van der Waals surface area (Å²) in [6.45, 7) is 4.70. The summed E-state index contributed by atoms with van der Waals surface area (Å²) in [7, 11) is 1.67. The van der Waals surface area contributed by atoms with Crippen LogP contribution in [0.2, 0.25) is 0 Å². The Hall–Kier alpha value is -3.43. The van der Waals surface area contributed by atoms with Gasteiger partial charge in [-0.3, -0.25) is 4.79 Å². The van der Waals surface area contributed by atoms with E-state index in [2.05, 4.69) is 16.8 Å². The fraction of sp³-hybridized carbons (Fsp3) is 0.292. The average Bonchev–Trinajstić information content (AvgIpc) is 3.23. The maximum absolute atomic E-state index is 11.9. The van der Waals surface area contributed by atoms with Crippen LogP contribution in [0.5, 0.6) is 5.75 Å².